The van der Waals surface area contributed by atoms with E-state index >= 15 is 0 Å². The zero-order chi connectivity index (χ0) is 13.1. The van der Waals surface area contributed by atoms with Crippen LogP contribution in [0.3, 0.4) is 0 Å². The Labute approximate surface area is 116 Å². The van der Waals surface area contributed by atoms with Gasteiger partial charge in [-0.25, -0.2) is 0 Å². The fourth-order valence-electron chi connectivity index (χ4n) is 3.18. The number of thioether (sulfide) groups is 1. The standard InChI is InChI=1S/C15H28N2S/c1-10(2)7-13-9-16-15(18-13)17-14-6-5-11(3)8-12(14)4/h10-14H,5-9H2,1-4H3,(H,16,17). The summed E-state index contributed by atoms with van der Waals surface area (Å²) in [6.07, 6.45) is 5.34. The van der Waals surface area contributed by atoms with E-state index in [4.69, 9.17) is 0 Å². The van der Waals surface area contributed by atoms with Gasteiger partial charge in [-0.2, -0.15) is 0 Å². The number of nitrogens with one attached hydrogen (secondary N) is 1. The number of hydrogen-bond acceptors (Lipinski definition) is 3. The van der Waals surface area contributed by atoms with Crippen molar-refractivity contribution in [3.8, 4) is 0 Å². The van der Waals surface area contributed by atoms with Gasteiger partial charge in [-0.3, -0.25) is 4.99 Å². The molecule has 2 aliphatic rings. The predicted octanol–water partition coefficient (Wildman–Crippen LogP) is 3.92. The van der Waals surface area contributed by atoms with Crippen LogP contribution in [0.4, 0.5) is 0 Å². The average Bonchev–Trinajstić information content (AvgIpc) is 2.69. The van der Waals surface area contributed by atoms with Gasteiger partial charge in [0.15, 0.2) is 5.17 Å². The maximum absolute atomic E-state index is 4.69. The molecule has 0 spiro atoms. The molecule has 2 nitrogen and oxygen atoms in total. The highest BCUT2D eigenvalue weighted by molar-refractivity contribution is 8.14. The molecule has 0 radical (unpaired) electrons. The van der Waals surface area contributed by atoms with Gasteiger partial charge < -0.3 is 5.32 Å². The molecule has 4 unspecified atom stereocenters. The van der Waals surface area contributed by atoms with Crippen LogP contribution in [0, 0.1) is 17.8 Å². The Morgan fingerprint density at radius 2 is 2.11 bits per heavy atom. The molecule has 0 saturated heterocycles. The third-order valence-electron chi connectivity index (χ3n) is 4.19. The van der Waals surface area contributed by atoms with Crippen molar-refractivity contribution in [1.82, 2.24) is 5.32 Å². The molecule has 2 rings (SSSR count). The fourth-order valence-corrected chi connectivity index (χ4v) is 4.50. The Bertz CT molecular complexity index is 301. The summed E-state index contributed by atoms with van der Waals surface area (Å²) in [6, 6.07) is 0.658. The van der Waals surface area contributed by atoms with Crippen molar-refractivity contribution in [2.75, 3.05) is 6.54 Å². The molecule has 0 aromatic carbocycles. The van der Waals surface area contributed by atoms with Gasteiger partial charge in [-0.1, -0.05) is 39.5 Å². The lowest BCUT2D eigenvalue weighted by Gasteiger charge is -2.33. The monoisotopic (exact) mass is 268 g/mol. The summed E-state index contributed by atoms with van der Waals surface area (Å²) < 4.78 is 0. The SMILES string of the molecule is CC(C)CC1CN=C(NC2CCC(C)CC2C)S1. The minimum Gasteiger partial charge on any atom is -0.362 e. The van der Waals surface area contributed by atoms with Gasteiger partial charge in [-0.05, 0) is 43.4 Å². The maximum atomic E-state index is 4.69. The molecule has 4 atom stereocenters. The van der Waals surface area contributed by atoms with E-state index in [2.05, 4.69) is 38.0 Å². The molecule has 3 heteroatoms. The molecule has 1 aliphatic carbocycles. The van der Waals surface area contributed by atoms with Crippen LogP contribution in [0.25, 0.3) is 0 Å². The number of aliphatic imine (C=N–C) groups is 1. The van der Waals surface area contributed by atoms with E-state index < -0.39 is 0 Å². The first-order chi connectivity index (χ1) is 8.54. The summed E-state index contributed by atoms with van der Waals surface area (Å²) in [5, 5.41) is 5.63. The van der Waals surface area contributed by atoms with Crippen LogP contribution >= 0.6 is 11.8 Å². The van der Waals surface area contributed by atoms with Crippen molar-refractivity contribution in [1.29, 1.82) is 0 Å². The van der Waals surface area contributed by atoms with Gasteiger partial charge in [0.25, 0.3) is 0 Å². The number of nitrogens with zero attached hydrogens (tertiary/aromatic N) is 1. The Morgan fingerprint density at radius 1 is 1.33 bits per heavy atom. The van der Waals surface area contributed by atoms with E-state index in [0.29, 0.717) is 11.3 Å². The molecule has 104 valence electrons. The van der Waals surface area contributed by atoms with E-state index in [1.807, 2.05) is 11.8 Å². The predicted molar refractivity (Wildman–Crippen MR) is 82.2 cm³/mol. The van der Waals surface area contributed by atoms with Crippen molar-refractivity contribution >= 4 is 16.9 Å². The molecule has 1 N–H and O–H groups in total. The van der Waals surface area contributed by atoms with Crippen molar-refractivity contribution < 1.29 is 0 Å². The van der Waals surface area contributed by atoms with Crippen LogP contribution in [-0.4, -0.2) is 23.0 Å². The highest BCUT2D eigenvalue weighted by Gasteiger charge is 2.28. The molecule has 0 aromatic heterocycles. The first-order valence-electron chi connectivity index (χ1n) is 7.52. The Kier molecular flexibility index (Phi) is 4.99. The fraction of sp³-hybridized carbons (Fsp3) is 0.933. The minimum absolute atomic E-state index is 0.658. The molecular formula is C15H28N2S. The molecule has 0 aromatic rings. The van der Waals surface area contributed by atoms with Crippen LogP contribution < -0.4 is 5.32 Å². The lowest BCUT2D eigenvalue weighted by molar-refractivity contribution is 0.248. The van der Waals surface area contributed by atoms with E-state index in [0.717, 1.165) is 24.3 Å². The van der Waals surface area contributed by atoms with Crippen LogP contribution in [0.5, 0.6) is 0 Å². The highest BCUT2D eigenvalue weighted by Crippen LogP contribution is 2.31. The summed E-state index contributed by atoms with van der Waals surface area (Å²) >= 11 is 1.97. The summed E-state index contributed by atoms with van der Waals surface area (Å²) in [7, 11) is 0. The normalized spacial score (nSPS) is 36.8. The summed E-state index contributed by atoms with van der Waals surface area (Å²) in [6.45, 7) is 10.4. The molecule has 1 heterocycles. The summed E-state index contributed by atoms with van der Waals surface area (Å²) in [5.41, 5.74) is 0. The zero-order valence-electron chi connectivity index (χ0n) is 12.3. The third kappa shape index (κ3) is 3.91. The largest absolute Gasteiger partial charge is 0.362 e. The van der Waals surface area contributed by atoms with Crippen molar-refractivity contribution in [2.24, 2.45) is 22.7 Å². The third-order valence-corrected chi connectivity index (χ3v) is 5.34. The topological polar surface area (TPSA) is 24.4 Å². The smallest absolute Gasteiger partial charge is 0.157 e. The molecule has 1 saturated carbocycles. The van der Waals surface area contributed by atoms with E-state index in [1.54, 1.807) is 0 Å². The van der Waals surface area contributed by atoms with Crippen molar-refractivity contribution in [3.05, 3.63) is 0 Å². The number of hydrogen-bond donors (Lipinski definition) is 1. The quantitative estimate of drug-likeness (QED) is 0.839. The molecule has 0 bridgehead atoms. The molecule has 1 aliphatic heterocycles. The van der Waals surface area contributed by atoms with E-state index in [1.165, 1.54) is 30.9 Å². The van der Waals surface area contributed by atoms with Gasteiger partial charge >= 0.3 is 0 Å². The first-order valence-corrected chi connectivity index (χ1v) is 8.40. The maximum Gasteiger partial charge on any atom is 0.157 e. The second-order valence-corrected chi connectivity index (χ2v) is 7.95. The Morgan fingerprint density at radius 3 is 2.78 bits per heavy atom. The van der Waals surface area contributed by atoms with Gasteiger partial charge in [0.2, 0.25) is 0 Å². The zero-order valence-corrected chi connectivity index (χ0v) is 13.1. The van der Waals surface area contributed by atoms with Crippen LogP contribution in [0.15, 0.2) is 4.99 Å². The van der Waals surface area contributed by atoms with Gasteiger partial charge in [0.1, 0.15) is 0 Å². The van der Waals surface area contributed by atoms with Crippen LogP contribution in [0.2, 0.25) is 0 Å². The Balaban J connectivity index is 1.77. The summed E-state index contributed by atoms with van der Waals surface area (Å²) in [5.74, 6) is 2.48. The van der Waals surface area contributed by atoms with E-state index in [-0.39, 0.29) is 0 Å². The second-order valence-electron chi connectivity index (χ2n) is 6.66. The molecule has 18 heavy (non-hydrogen) atoms. The van der Waals surface area contributed by atoms with Crippen LogP contribution in [0.1, 0.15) is 53.4 Å². The highest BCUT2D eigenvalue weighted by atomic mass is 32.2. The van der Waals surface area contributed by atoms with Gasteiger partial charge in [-0.15, -0.1) is 0 Å². The average molecular weight is 268 g/mol. The molecule has 0 amide bonds. The van der Waals surface area contributed by atoms with Gasteiger partial charge in [0.05, 0.1) is 6.54 Å². The van der Waals surface area contributed by atoms with Crippen LogP contribution in [-0.2, 0) is 0 Å². The van der Waals surface area contributed by atoms with E-state index in [9.17, 15) is 0 Å². The van der Waals surface area contributed by atoms with Crippen molar-refractivity contribution in [3.63, 3.8) is 0 Å². The number of rotatable bonds is 3. The van der Waals surface area contributed by atoms with Gasteiger partial charge in [0, 0.05) is 11.3 Å². The summed E-state index contributed by atoms with van der Waals surface area (Å²) in [4.78, 5) is 4.69. The Hall–Kier alpha value is -0.180. The van der Waals surface area contributed by atoms with Crippen molar-refractivity contribution in [2.45, 2.75) is 64.7 Å². The second kappa shape index (κ2) is 6.31. The molecule has 1 fully saturated rings. The molecular weight excluding hydrogens is 240 g/mol. The lowest BCUT2D eigenvalue weighted by atomic mass is 9.80. The first kappa shape index (κ1) is 14.2. The lowest BCUT2D eigenvalue weighted by Crippen LogP contribution is -2.41. The number of amidine groups is 1. The minimum atomic E-state index is 0.658.